The van der Waals surface area contributed by atoms with E-state index in [9.17, 15) is 8.42 Å². The fourth-order valence-corrected chi connectivity index (χ4v) is 1.96. The molecule has 0 spiro atoms. The fraction of sp³-hybridized carbons (Fsp3) is 1.00. The zero-order chi connectivity index (χ0) is 10.8. The van der Waals surface area contributed by atoms with E-state index in [0.717, 1.165) is 12.8 Å². The third-order valence-corrected chi connectivity index (χ3v) is 2.97. The van der Waals surface area contributed by atoms with Gasteiger partial charge in [0.05, 0.1) is 0 Å². The third-order valence-electron chi connectivity index (χ3n) is 2.32. The summed E-state index contributed by atoms with van der Waals surface area (Å²) >= 11 is 0. The van der Waals surface area contributed by atoms with Gasteiger partial charge in [-0.25, -0.2) is 13.1 Å². The summed E-state index contributed by atoms with van der Waals surface area (Å²) in [5, 5.41) is 0. The van der Waals surface area contributed by atoms with Crippen LogP contribution < -0.4 is 4.72 Å². The highest BCUT2D eigenvalue weighted by molar-refractivity contribution is 7.70. The largest absolute Gasteiger partial charge is 0.216 e. The van der Waals surface area contributed by atoms with Crippen molar-refractivity contribution in [3.8, 4) is 0 Å². The van der Waals surface area contributed by atoms with Crippen LogP contribution in [0.5, 0.6) is 0 Å². The first-order chi connectivity index (χ1) is 6.66. The van der Waals surface area contributed by atoms with E-state index < -0.39 is 10.9 Å². The molecule has 3 nitrogen and oxygen atoms in total. The molecule has 0 aliphatic carbocycles. The van der Waals surface area contributed by atoms with Crippen LogP contribution in [0.2, 0.25) is 0 Å². The smallest absolute Gasteiger partial charge is 0.201 e. The fourth-order valence-electron chi connectivity index (χ4n) is 1.48. The van der Waals surface area contributed by atoms with Crippen molar-refractivity contribution in [1.82, 2.24) is 4.72 Å². The van der Waals surface area contributed by atoms with Crippen LogP contribution in [0.25, 0.3) is 0 Å². The first-order valence-corrected chi connectivity index (χ1v) is 6.75. The molecule has 1 N–H and O–H groups in total. The molecule has 0 amide bonds. The highest BCUT2D eigenvalue weighted by Crippen LogP contribution is 2.08. The molecule has 4 heteroatoms. The van der Waals surface area contributed by atoms with Crippen molar-refractivity contribution < 1.29 is 8.42 Å². The molecule has 0 saturated heterocycles. The maximum absolute atomic E-state index is 10.3. The Morgan fingerprint density at radius 1 is 1.07 bits per heavy atom. The predicted octanol–water partition coefficient (Wildman–Crippen LogP) is 2.24. The Hall–Kier alpha value is -0.0900. The quantitative estimate of drug-likeness (QED) is 0.463. The Bertz CT molecular complexity index is 185. The van der Waals surface area contributed by atoms with E-state index in [1.54, 1.807) is 0 Å². The molecule has 0 aromatic rings. The number of thiol groups is 1. The minimum Gasteiger partial charge on any atom is -0.216 e. The summed E-state index contributed by atoms with van der Waals surface area (Å²) < 4.78 is 23.1. The highest BCUT2D eigenvalue weighted by atomic mass is 32.2. The number of unbranched alkanes of at least 4 members (excludes halogenated alkanes) is 5. The second-order valence-electron chi connectivity index (χ2n) is 3.84. The number of hydrogen-bond donors (Lipinski definition) is 2. The topological polar surface area (TPSA) is 46.2 Å². The SMILES string of the molecule is CCCCCCCCC(C)N[SH](=O)=O. The van der Waals surface area contributed by atoms with Crippen molar-refractivity contribution in [1.29, 1.82) is 0 Å². The molecule has 0 aromatic carbocycles. The third kappa shape index (κ3) is 9.99. The van der Waals surface area contributed by atoms with Crippen LogP contribution in [0, 0.1) is 0 Å². The van der Waals surface area contributed by atoms with Gasteiger partial charge >= 0.3 is 0 Å². The maximum atomic E-state index is 10.3. The van der Waals surface area contributed by atoms with E-state index >= 15 is 0 Å². The Labute approximate surface area is 89.4 Å². The summed E-state index contributed by atoms with van der Waals surface area (Å²) in [6, 6.07) is 0.0993. The van der Waals surface area contributed by atoms with Gasteiger partial charge in [-0.05, 0) is 13.3 Å². The molecule has 1 unspecified atom stereocenters. The lowest BCUT2D eigenvalue weighted by Crippen LogP contribution is -2.23. The van der Waals surface area contributed by atoms with Gasteiger partial charge in [0.25, 0.3) is 0 Å². The number of nitrogens with one attached hydrogen (secondary N) is 1. The molecule has 0 heterocycles. The molecule has 0 rings (SSSR count). The summed E-state index contributed by atoms with van der Waals surface area (Å²) in [5.41, 5.74) is 0. The summed E-state index contributed by atoms with van der Waals surface area (Å²) in [6.07, 6.45) is 8.49. The molecule has 14 heavy (non-hydrogen) atoms. The van der Waals surface area contributed by atoms with Gasteiger partial charge in [0.2, 0.25) is 10.9 Å². The van der Waals surface area contributed by atoms with Crippen molar-refractivity contribution in [2.75, 3.05) is 0 Å². The summed E-state index contributed by atoms with van der Waals surface area (Å²) in [6.45, 7) is 4.12. The van der Waals surface area contributed by atoms with Gasteiger partial charge in [-0.15, -0.1) is 0 Å². The molecule has 0 radical (unpaired) electrons. The van der Waals surface area contributed by atoms with Gasteiger partial charge in [0.15, 0.2) is 0 Å². The normalized spacial score (nSPS) is 13.4. The zero-order valence-electron chi connectivity index (χ0n) is 9.29. The van der Waals surface area contributed by atoms with E-state index in [1.807, 2.05) is 6.92 Å². The monoisotopic (exact) mass is 221 g/mol. The lowest BCUT2D eigenvalue weighted by atomic mass is 10.1. The predicted molar refractivity (Wildman–Crippen MR) is 60.9 cm³/mol. The molecule has 1 atom stereocenters. The molecule has 0 aliphatic heterocycles. The van der Waals surface area contributed by atoms with Crippen LogP contribution in [0.3, 0.4) is 0 Å². The van der Waals surface area contributed by atoms with Crippen LogP contribution in [0.15, 0.2) is 0 Å². The lowest BCUT2D eigenvalue weighted by Gasteiger charge is -2.08. The Kier molecular flexibility index (Phi) is 9.40. The van der Waals surface area contributed by atoms with Gasteiger partial charge in [0, 0.05) is 6.04 Å². The summed E-state index contributed by atoms with van der Waals surface area (Å²) in [7, 11) is -2.42. The van der Waals surface area contributed by atoms with Gasteiger partial charge in [0.1, 0.15) is 0 Å². The van der Waals surface area contributed by atoms with Crippen LogP contribution in [-0.2, 0) is 10.9 Å². The molecular weight excluding hydrogens is 198 g/mol. The van der Waals surface area contributed by atoms with Gasteiger partial charge in [-0.3, -0.25) is 0 Å². The van der Waals surface area contributed by atoms with Crippen LogP contribution in [-0.4, -0.2) is 14.5 Å². The average Bonchev–Trinajstić information content (AvgIpc) is 2.10. The molecule has 86 valence electrons. The number of hydrogen-bond acceptors (Lipinski definition) is 2. The van der Waals surface area contributed by atoms with Gasteiger partial charge < -0.3 is 0 Å². The molecule has 0 fully saturated rings. The standard InChI is InChI=1S/C10H23NO2S/c1-3-4-5-6-7-8-9-10(2)11-14(12)13/h10,14H,3-9H2,1-2H3,(H,11,12,13). The van der Waals surface area contributed by atoms with E-state index in [1.165, 1.54) is 32.1 Å². The lowest BCUT2D eigenvalue weighted by molar-refractivity contribution is 0.523. The van der Waals surface area contributed by atoms with Crippen molar-refractivity contribution >= 4 is 10.9 Å². The Balaban J connectivity index is 3.18. The summed E-state index contributed by atoms with van der Waals surface area (Å²) in [4.78, 5) is 0. The minimum absolute atomic E-state index is 0.0993. The van der Waals surface area contributed by atoms with E-state index in [-0.39, 0.29) is 6.04 Å². The zero-order valence-corrected chi connectivity index (χ0v) is 10.2. The van der Waals surface area contributed by atoms with Crippen molar-refractivity contribution in [3.63, 3.8) is 0 Å². The van der Waals surface area contributed by atoms with Gasteiger partial charge in [-0.2, -0.15) is 0 Å². The highest BCUT2D eigenvalue weighted by Gasteiger charge is 2.00. The molecule has 0 saturated carbocycles. The molecule has 0 aliphatic rings. The molecular formula is C10H23NO2S. The van der Waals surface area contributed by atoms with Crippen LogP contribution in [0.4, 0.5) is 0 Å². The Morgan fingerprint density at radius 3 is 2.21 bits per heavy atom. The average molecular weight is 221 g/mol. The van der Waals surface area contributed by atoms with Crippen molar-refractivity contribution in [3.05, 3.63) is 0 Å². The van der Waals surface area contributed by atoms with Crippen LogP contribution >= 0.6 is 0 Å². The minimum atomic E-state index is -2.42. The second-order valence-corrected chi connectivity index (χ2v) is 4.62. The second kappa shape index (κ2) is 9.46. The van der Waals surface area contributed by atoms with Crippen molar-refractivity contribution in [2.24, 2.45) is 0 Å². The summed E-state index contributed by atoms with van der Waals surface area (Å²) in [5.74, 6) is 0. The first kappa shape index (κ1) is 13.9. The maximum Gasteiger partial charge on any atom is 0.201 e. The Morgan fingerprint density at radius 2 is 1.64 bits per heavy atom. The molecule has 0 aromatic heterocycles. The molecule has 0 bridgehead atoms. The van der Waals surface area contributed by atoms with Crippen molar-refractivity contribution in [2.45, 2.75) is 64.8 Å². The van der Waals surface area contributed by atoms with Crippen LogP contribution in [0.1, 0.15) is 58.8 Å². The van der Waals surface area contributed by atoms with E-state index in [2.05, 4.69) is 11.6 Å². The van der Waals surface area contributed by atoms with E-state index in [0.29, 0.717) is 0 Å². The van der Waals surface area contributed by atoms with E-state index in [4.69, 9.17) is 0 Å². The number of rotatable bonds is 9. The van der Waals surface area contributed by atoms with Gasteiger partial charge in [-0.1, -0.05) is 45.4 Å². The first-order valence-electron chi connectivity index (χ1n) is 5.57.